The smallest absolute Gasteiger partial charge is 0.276 e. The van der Waals surface area contributed by atoms with Crippen molar-refractivity contribution in [1.29, 1.82) is 0 Å². The number of nitrogens with zero attached hydrogens (tertiary/aromatic N) is 6. The largest absolute Gasteiger partial charge is 0.496 e. The first-order chi connectivity index (χ1) is 30.9. The van der Waals surface area contributed by atoms with Gasteiger partial charge in [0.15, 0.2) is 0 Å². The molecule has 0 unspecified atom stereocenters. The molecular weight excluding hydrogens is 841 g/mol. The molecule has 5 aromatic rings. The summed E-state index contributed by atoms with van der Waals surface area (Å²) in [5.41, 5.74) is 1.65. The van der Waals surface area contributed by atoms with Crippen LogP contribution in [0.4, 0.5) is 5.69 Å². The maximum absolute atomic E-state index is 13.7. The Labute approximate surface area is 373 Å². The average Bonchev–Trinajstić information content (AvgIpc) is 3.98. The van der Waals surface area contributed by atoms with Crippen molar-refractivity contribution < 1.29 is 42.9 Å². The summed E-state index contributed by atoms with van der Waals surface area (Å²) in [6, 6.07) is 8.58. The maximum Gasteiger partial charge on any atom is 0.276 e. The number of aryl methyl sites for hydroxylation is 1. The number of carbonyl (C=O) groups excluding carboxylic acids is 5. The van der Waals surface area contributed by atoms with E-state index in [-0.39, 0.29) is 66.5 Å². The van der Waals surface area contributed by atoms with E-state index in [1.165, 1.54) is 18.8 Å². The van der Waals surface area contributed by atoms with Gasteiger partial charge in [-0.2, -0.15) is 5.10 Å². The molecule has 3 aliphatic heterocycles. The second-order valence-electron chi connectivity index (χ2n) is 18.5. The molecule has 5 amide bonds. The Hall–Kier alpha value is -6.93. The Morgan fingerprint density at radius 3 is 2.37 bits per heavy atom. The summed E-state index contributed by atoms with van der Waals surface area (Å²) in [5, 5.41) is 24.5. The van der Waals surface area contributed by atoms with Gasteiger partial charge in [-0.15, -0.1) is 5.10 Å². The van der Waals surface area contributed by atoms with Gasteiger partial charge in [-0.1, -0.05) is 39.0 Å². The molecule has 0 radical (unpaired) electrons. The van der Waals surface area contributed by atoms with Crippen LogP contribution >= 0.6 is 0 Å². The fraction of sp³-hybridized carbons (Fsp3) is 0.444. The fourth-order valence-electron chi connectivity index (χ4n) is 8.68. The van der Waals surface area contributed by atoms with Gasteiger partial charge in [0.1, 0.15) is 34.9 Å². The number of fused-ring (bicyclic) bond motifs is 4. The molecule has 342 valence electrons. The zero-order chi connectivity index (χ0) is 46.4. The van der Waals surface area contributed by atoms with Gasteiger partial charge >= 0.3 is 0 Å². The molecule has 1 aliphatic carbocycles. The monoisotopic (exact) mass is 892 g/mol. The van der Waals surface area contributed by atoms with Crippen LogP contribution in [-0.4, -0.2) is 110 Å². The molecule has 3 aromatic heterocycles. The van der Waals surface area contributed by atoms with E-state index in [0.717, 1.165) is 16.0 Å². The van der Waals surface area contributed by atoms with Crippen molar-refractivity contribution in [2.75, 3.05) is 45.9 Å². The molecule has 20 heteroatoms. The lowest BCUT2D eigenvalue weighted by Gasteiger charge is -2.52. The van der Waals surface area contributed by atoms with E-state index in [2.05, 4.69) is 36.5 Å². The molecular formula is C45H52N10O10. The molecule has 3 fully saturated rings. The highest BCUT2D eigenvalue weighted by Crippen LogP contribution is 2.49. The maximum atomic E-state index is 13.7. The van der Waals surface area contributed by atoms with Gasteiger partial charge in [0.25, 0.3) is 23.3 Å². The number of carbonyl (C=O) groups is 5. The topological polar surface area (TPSA) is 243 Å². The zero-order valence-corrected chi connectivity index (χ0v) is 37.3. The van der Waals surface area contributed by atoms with E-state index >= 15 is 0 Å². The van der Waals surface area contributed by atoms with Gasteiger partial charge in [-0.3, -0.25) is 48.8 Å². The molecule has 4 N–H and O–H groups in total. The molecule has 2 aromatic carbocycles. The van der Waals surface area contributed by atoms with E-state index < -0.39 is 34.6 Å². The number of hydrogen-bond acceptors (Lipinski definition) is 14. The van der Waals surface area contributed by atoms with Crippen LogP contribution in [0.15, 0.2) is 53.7 Å². The number of imide groups is 2. The zero-order valence-electron chi connectivity index (χ0n) is 37.3. The second kappa shape index (κ2) is 17.2. The van der Waals surface area contributed by atoms with Crippen LogP contribution < -0.4 is 31.0 Å². The summed E-state index contributed by atoms with van der Waals surface area (Å²) in [5.74, 6) is -1.81. The SMILES string of the molecule is COc1cc(-c2cn(C)c(=O)c3[nH]ncc23)cc(OC)c1COCC(=O)NCC(C)(C)COCC(C)(C)Cn1cc(CNc2cccc3c2C(=O)N(C24CC(C2)C(=O)NC4=O)C3=O)nn1. The van der Waals surface area contributed by atoms with Gasteiger partial charge in [-0.25, -0.2) is 0 Å². The third-order valence-corrected chi connectivity index (χ3v) is 12.1. The summed E-state index contributed by atoms with van der Waals surface area (Å²) >= 11 is 0. The summed E-state index contributed by atoms with van der Waals surface area (Å²) in [6.07, 6.45) is 5.40. The Morgan fingerprint density at radius 2 is 1.66 bits per heavy atom. The second-order valence-corrected chi connectivity index (χ2v) is 18.5. The summed E-state index contributed by atoms with van der Waals surface area (Å²) < 4.78 is 26.6. The third-order valence-electron chi connectivity index (χ3n) is 12.1. The molecule has 2 saturated heterocycles. The number of amides is 5. The number of pyridine rings is 1. The van der Waals surface area contributed by atoms with Crippen molar-refractivity contribution in [2.45, 2.75) is 65.8 Å². The van der Waals surface area contributed by atoms with Crippen LogP contribution in [0.1, 0.15) is 72.5 Å². The van der Waals surface area contributed by atoms with E-state index in [1.54, 1.807) is 48.5 Å². The Balaban J connectivity index is 0.783. The van der Waals surface area contributed by atoms with E-state index in [9.17, 15) is 28.8 Å². The minimum absolute atomic E-state index is 0.0469. The van der Waals surface area contributed by atoms with E-state index in [0.29, 0.717) is 65.6 Å². The molecule has 65 heavy (non-hydrogen) atoms. The average molecular weight is 893 g/mol. The van der Waals surface area contributed by atoms with Gasteiger partial charge in [0, 0.05) is 59.7 Å². The Bertz CT molecular complexity index is 2760. The number of anilines is 1. The quantitative estimate of drug-likeness (QED) is 0.0872. The first kappa shape index (κ1) is 44.7. The number of aromatic nitrogens is 6. The number of benzene rings is 2. The number of piperidine rings is 2. The summed E-state index contributed by atoms with van der Waals surface area (Å²) in [4.78, 5) is 78.4. The molecule has 1 saturated carbocycles. The number of nitrogens with one attached hydrogen (secondary N) is 4. The van der Waals surface area contributed by atoms with Crippen LogP contribution in [-0.2, 0) is 50.6 Å². The highest BCUT2D eigenvalue weighted by atomic mass is 16.5. The molecule has 20 nitrogen and oxygen atoms in total. The van der Waals surface area contributed by atoms with E-state index in [1.807, 2.05) is 39.8 Å². The Kier molecular flexibility index (Phi) is 11.8. The summed E-state index contributed by atoms with van der Waals surface area (Å²) in [7, 11) is 4.75. The molecule has 4 aliphatic rings. The predicted octanol–water partition coefficient (Wildman–Crippen LogP) is 2.95. The first-order valence-corrected chi connectivity index (χ1v) is 21.1. The van der Waals surface area contributed by atoms with Gasteiger partial charge in [-0.05, 0) is 42.7 Å². The predicted molar refractivity (Wildman–Crippen MR) is 234 cm³/mol. The van der Waals surface area contributed by atoms with E-state index in [4.69, 9.17) is 18.9 Å². The van der Waals surface area contributed by atoms with Crippen LogP contribution in [0.2, 0.25) is 0 Å². The van der Waals surface area contributed by atoms with Crippen molar-refractivity contribution in [1.82, 2.24) is 45.3 Å². The lowest BCUT2D eigenvalue weighted by molar-refractivity contribution is -0.158. The molecule has 9 rings (SSSR count). The number of aromatic amines is 1. The molecule has 0 spiro atoms. The van der Waals surface area contributed by atoms with Crippen molar-refractivity contribution >= 4 is 46.1 Å². The highest BCUT2D eigenvalue weighted by molar-refractivity contribution is 6.27. The summed E-state index contributed by atoms with van der Waals surface area (Å²) in [6.45, 7) is 9.77. The number of methoxy groups -OCH3 is 2. The fourth-order valence-corrected chi connectivity index (χ4v) is 8.68. The number of rotatable bonds is 19. The normalized spacial score (nSPS) is 18.1. The van der Waals surface area contributed by atoms with Gasteiger partial charge < -0.3 is 34.1 Å². The van der Waals surface area contributed by atoms with Gasteiger partial charge in [0.05, 0.1) is 69.7 Å². The minimum atomic E-state index is -1.35. The van der Waals surface area contributed by atoms with Crippen molar-refractivity contribution in [2.24, 2.45) is 23.8 Å². The molecule has 6 heterocycles. The van der Waals surface area contributed by atoms with Crippen LogP contribution in [0.5, 0.6) is 11.5 Å². The molecule has 2 bridgehead atoms. The Morgan fingerprint density at radius 1 is 0.938 bits per heavy atom. The van der Waals surface area contributed by atoms with Crippen LogP contribution in [0.3, 0.4) is 0 Å². The van der Waals surface area contributed by atoms with Crippen LogP contribution in [0.25, 0.3) is 22.0 Å². The third kappa shape index (κ3) is 8.57. The van der Waals surface area contributed by atoms with Crippen molar-refractivity contribution in [3.63, 3.8) is 0 Å². The number of H-pyrrole nitrogens is 1. The first-order valence-electron chi connectivity index (χ1n) is 21.1. The lowest BCUT2D eigenvalue weighted by atomic mass is 9.63. The molecule has 0 atom stereocenters. The minimum Gasteiger partial charge on any atom is -0.496 e. The highest BCUT2D eigenvalue weighted by Gasteiger charge is 2.65. The van der Waals surface area contributed by atoms with Crippen molar-refractivity contribution in [3.05, 3.63) is 81.7 Å². The number of hydrogen-bond donors (Lipinski definition) is 4. The number of ether oxygens (including phenoxy) is 4. The standard InChI is InChI=1S/C45H52N10O10/c1-43(2,21-47-35(56)20-64-19-31-33(62-6)11-25(12-34(31)63-7)30-18-53(5)41(60)37-29(30)16-48-51-37)23-65-24-44(3,4)22-54-17-27(50-52-54)15-46-32-10-8-9-28-36(32)40(59)55(39(28)58)45-13-26(14-45)38(57)49-42(45)61/h8-12,16-18,26,46H,13-15,19-24H2,1-7H3,(H,47,56)(H,48,51)(H,49,57,61). The van der Waals surface area contributed by atoms with Crippen LogP contribution in [0, 0.1) is 16.7 Å². The van der Waals surface area contributed by atoms with Gasteiger partial charge in [0.2, 0.25) is 11.8 Å². The van der Waals surface area contributed by atoms with Crippen molar-refractivity contribution in [3.8, 4) is 22.6 Å². The lowest BCUT2D eigenvalue weighted by Crippen LogP contribution is -2.74.